The highest BCUT2D eigenvalue weighted by Crippen LogP contribution is 2.23. The van der Waals surface area contributed by atoms with Gasteiger partial charge in [0.15, 0.2) is 0 Å². The normalized spacial score (nSPS) is 25.4. The third-order valence-corrected chi connectivity index (χ3v) is 5.09. The van der Waals surface area contributed by atoms with Crippen molar-refractivity contribution < 1.29 is 0 Å². The molecule has 0 aromatic carbocycles. The standard InChI is InChI=1S/C11H24N2S2/c1-3-11-9-13(5-7-15-11)10(8-12)4-6-14-2/h10-11H,3-9,12H2,1-2H3. The van der Waals surface area contributed by atoms with Crippen molar-refractivity contribution in [2.75, 3.05) is 37.4 Å². The Bertz CT molecular complexity index is 167. The SMILES string of the molecule is CCC1CN(C(CN)CCSC)CCS1. The highest BCUT2D eigenvalue weighted by molar-refractivity contribution is 8.00. The fraction of sp³-hybridized carbons (Fsp3) is 1.00. The maximum Gasteiger partial charge on any atom is 0.0227 e. The molecule has 0 bridgehead atoms. The number of thioether (sulfide) groups is 2. The first-order valence-corrected chi connectivity index (χ1v) is 8.30. The third-order valence-electron chi connectivity index (χ3n) is 3.07. The van der Waals surface area contributed by atoms with E-state index in [1.807, 2.05) is 11.8 Å². The van der Waals surface area contributed by atoms with Crippen molar-refractivity contribution in [3.05, 3.63) is 0 Å². The van der Waals surface area contributed by atoms with Crippen molar-refractivity contribution in [3.63, 3.8) is 0 Å². The van der Waals surface area contributed by atoms with E-state index in [1.165, 1.54) is 37.4 Å². The lowest BCUT2D eigenvalue weighted by Crippen LogP contribution is -2.47. The fourth-order valence-electron chi connectivity index (χ4n) is 2.02. The van der Waals surface area contributed by atoms with Crippen molar-refractivity contribution in [2.24, 2.45) is 5.73 Å². The van der Waals surface area contributed by atoms with E-state index in [1.54, 1.807) is 0 Å². The quantitative estimate of drug-likeness (QED) is 0.777. The minimum atomic E-state index is 0.618. The Morgan fingerprint density at radius 3 is 3.00 bits per heavy atom. The molecule has 0 radical (unpaired) electrons. The molecule has 2 unspecified atom stereocenters. The Morgan fingerprint density at radius 2 is 2.40 bits per heavy atom. The monoisotopic (exact) mass is 248 g/mol. The smallest absolute Gasteiger partial charge is 0.0227 e. The van der Waals surface area contributed by atoms with Gasteiger partial charge in [-0.1, -0.05) is 6.92 Å². The minimum Gasteiger partial charge on any atom is -0.329 e. The molecule has 90 valence electrons. The van der Waals surface area contributed by atoms with E-state index >= 15 is 0 Å². The number of hydrogen-bond donors (Lipinski definition) is 1. The van der Waals surface area contributed by atoms with Crippen LogP contribution in [0.2, 0.25) is 0 Å². The van der Waals surface area contributed by atoms with Crippen LogP contribution in [0.15, 0.2) is 0 Å². The number of rotatable bonds is 6. The molecule has 0 amide bonds. The van der Waals surface area contributed by atoms with Crippen LogP contribution in [0.4, 0.5) is 0 Å². The average molecular weight is 248 g/mol. The van der Waals surface area contributed by atoms with E-state index in [9.17, 15) is 0 Å². The van der Waals surface area contributed by atoms with Gasteiger partial charge in [0.1, 0.15) is 0 Å². The first-order chi connectivity index (χ1) is 7.31. The molecule has 2 nitrogen and oxygen atoms in total. The molecule has 1 fully saturated rings. The lowest BCUT2D eigenvalue weighted by atomic mass is 10.1. The van der Waals surface area contributed by atoms with Crippen molar-refractivity contribution in [1.29, 1.82) is 0 Å². The molecular weight excluding hydrogens is 224 g/mol. The summed E-state index contributed by atoms with van der Waals surface area (Å²) in [6.45, 7) is 5.59. The number of hydrogen-bond acceptors (Lipinski definition) is 4. The van der Waals surface area contributed by atoms with E-state index in [2.05, 4.69) is 29.8 Å². The summed E-state index contributed by atoms with van der Waals surface area (Å²) in [5.74, 6) is 2.52. The second-order valence-corrected chi connectivity index (χ2v) is 6.46. The van der Waals surface area contributed by atoms with Gasteiger partial charge in [0.2, 0.25) is 0 Å². The van der Waals surface area contributed by atoms with Gasteiger partial charge in [0.25, 0.3) is 0 Å². The van der Waals surface area contributed by atoms with E-state index in [-0.39, 0.29) is 0 Å². The van der Waals surface area contributed by atoms with Crippen molar-refractivity contribution in [3.8, 4) is 0 Å². The molecule has 4 heteroatoms. The molecule has 1 heterocycles. The van der Waals surface area contributed by atoms with Crippen LogP contribution in [0, 0.1) is 0 Å². The third kappa shape index (κ3) is 4.55. The highest BCUT2D eigenvalue weighted by Gasteiger charge is 2.24. The molecule has 2 N–H and O–H groups in total. The Morgan fingerprint density at radius 1 is 1.60 bits per heavy atom. The zero-order valence-electron chi connectivity index (χ0n) is 9.95. The van der Waals surface area contributed by atoms with Crippen LogP contribution in [0.1, 0.15) is 19.8 Å². The van der Waals surface area contributed by atoms with Crippen molar-refractivity contribution in [1.82, 2.24) is 4.90 Å². The zero-order chi connectivity index (χ0) is 11.1. The second-order valence-electron chi connectivity index (χ2n) is 4.07. The number of nitrogens with zero attached hydrogens (tertiary/aromatic N) is 1. The Balaban J connectivity index is 2.37. The Kier molecular flexibility index (Phi) is 7.14. The first-order valence-electron chi connectivity index (χ1n) is 5.86. The van der Waals surface area contributed by atoms with Gasteiger partial charge in [0, 0.05) is 36.7 Å². The summed E-state index contributed by atoms with van der Waals surface area (Å²) < 4.78 is 0. The zero-order valence-corrected chi connectivity index (χ0v) is 11.6. The topological polar surface area (TPSA) is 29.3 Å². The van der Waals surface area contributed by atoms with Gasteiger partial charge < -0.3 is 5.73 Å². The second kappa shape index (κ2) is 7.82. The van der Waals surface area contributed by atoms with Crippen LogP contribution in [0.25, 0.3) is 0 Å². The predicted molar refractivity (Wildman–Crippen MR) is 74.0 cm³/mol. The van der Waals surface area contributed by atoms with E-state index in [0.717, 1.165) is 11.8 Å². The molecule has 2 atom stereocenters. The summed E-state index contributed by atoms with van der Waals surface area (Å²) in [4.78, 5) is 2.61. The van der Waals surface area contributed by atoms with Gasteiger partial charge in [0.05, 0.1) is 0 Å². The van der Waals surface area contributed by atoms with Crippen LogP contribution < -0.4 is 5.73 Å². The minimum absolute atomic E-state index is 0.618. The van der Waals surface area contributed by atoms with Crippen LogP contribution in [-0.2, 0) is 0 Å². The van der Waals surface area contributed by atoms with Gasteiger partial charge in [-0.3, -0.25) is 4.90 Å². The lowest BCUT2D eigenvalue weighted by molar-refractivity contribution is 0.202. The summed E-state index contributed by atoms with van der Waals surface area (Å²) in [6, 6.07) is 0.618. The van der Waals surface area contributed by atoms with E-state index in [0.29, 0.717) is 6.04 Å². The molecule has 15 heavy (non-hydrogen) atoms. The van der Waals surface area contributed by atoms with Gasteiger partial charge >= 0.3 is 0 Å². The summed E-state index contributed by atoms with van der Waals surface area (Å²) in [7, 11) is 0. The van der Waals surface area contributed by atoms with Crippen LogP contribution in [0.5, 0.6) is 0 Å². The molecule has 0 spiro atoms. The molecule has 0 aromatic rings. The van der Waals surface area contributed by atoms with Gasteiger partial charge in [-0.05, 0) is 24.9 Å². The van der Waals surface area contributed by atoms with E-state index < -0.39 is 0 Å². The molecule has 1 aliphatic rings. The molecule has 0 aromatic heterocycles. The maximum atomic E-state index is 5.87. The average Bonchev–Trinajstić information content (AvgIpc) is 2.30. The molecule has 0 saturated carbocycles. The summed E-state index contributed by atoms with van der Waals surface area (Å²) in [6.07, 6.45) is 4.72. The van der Waals surface area contributed by atoms with Gasteiger partial charge in [-0.25, -0.2) is 0 Å². The van der Waals surface area contributed by atoms with Gasteiger partial charge in [-0.2, -0.15) is 23.5 Å². The molecule has 1 saturated heterocycles. The molecule has 0 aliphatic carbocycles. The van der Waals surface area contributed by atoms with E-state index in [4.69, 9.17) is 5.73 Å². The fourth-order valence-corrected chi connectivity index (χ4v) is 3.74. The number of nitrogens with two attached hydrogens (primary N) is 1. The van der Waals surface area contributed by atoms with Crippen molar-refractivity contribution >= 4 is 23.5 Å². The Hall–Kier alpha value is 0.620. The Labute approximate surface area is 103 Å². The van der Waals surface area contributed by atoms with Crippen LogP contribution in [-0.4, -0.2) is 53.6 Å². The molecule has 1 aliphatic heterocycles. The summed E-state index contributed by atoms with van der Waals surface area (Å²) in [5.41, 5.74) is 5.87. The van der Waals surface area contributed by atoms with Crippen LogP contribution >= 0.6 is 23.5 Å². The van der Waals surface area contributed by atoms with Gasteiger partial charge in [-0.15, -0.1) is 0 Å². The maximum absolute atomic E-state index is 5.87. The largest absolute Gasteiger partial charge is 0.329 e. The van der Waals surface area contributed by atoms with Crippen LogP contribution in [0.3, 0.4) is 0 Å². The lowest BCUT2D eigenvalue weighted by Gasteiger charge is -2.37. The predicted octanol–water partition coefficient (Wildman–Crippen LogP) is 1.89. The first kappa shape index (κ1) is 13.7. The highest BCUT2D eigenvalue weighted by atomic mass is 32.2. The molecule has 1 rings (SSSR count). The molecular formula is C11H24N2S2. The van der Waals surface area contributed by atoms with Crippen molar-refractivity contribution in [2.45, 2.75) is 31.1 Å². The summed E-state index contributed by atoms with van der Waals surface area (Å²) in [5, 5.41) is 0.835. The summed E-state index contributed by atoms with van der Waals surface area (Å²) >= 11 is 4.06.